The van der Waals surface area contributed by atoms with Gasteiger partial charge in [0, 0.05) is 37.4 Å². The number of nitrogens with zero attached hydrogens (tertiary/aromatic N) is 5. The third-order valence-corrected chi connectivity index (χ3v) is 8.01. The first-order valence-electron chi connectivity index (χ1n) is 10.0. The van der Waals surface area contributed by atoms with Crippen LogP contribution in [-0.4, -0.2) is 82.4 Å². The van der Waals surface area contributed by atoms with Crippen molar-refractivity contribution in [1.29, 1.82) is 0 Å². The molecule has 0 unspecified atom stereocenters. The van der Waals surface area contributed by atoms with Crippen LogP contribution in [0.15, 0.2) is 64.6 Å². The van der Waals surface area contributed by atoms with E-state index in [4.69, 9.17) is 5.11 Å². The zero-order chi connectivity index (χ0) is 22.7. The summed E-state index contributed by atoms with van der Waals surface area (Å²) < 4.78 is 29.3. The Morgan fingerprint density at radius 1 is 1.00 bits per heavy atom. The van der Waals surface area contributed by atoms with Crippen LogP contribution in [0, 0.1) is 0 Å². The SMILES string of the molecule is CN1CCN(S(=O)(=O)c2ccc(-c3nnc(SCC(=O)O)n3-c3ccccc3)cc2)CC1. The minimum Gasteiger partial charge on any atom is -0.481 e. The first-order chi connectivity index (χ1) is 15.4. The Bertz CT molecular complexity index is 1190. The van der Waals surface area contributed by atoms with Crippen LogP contribution in [-0.2, 0) is 14.8 Å². The lowest BCUT2D eigenvalue weighted by Crippen LogP contribution is -2.46. The predicted octanol–water partition coefficient (Wildman–Crippen LogP) is 2.05. The standard InChI is InChI=1S/C21H23N5O4S2/c1-24-11-13-25(14-12-24)32(29,30)18-9-7-16(8-10-18)20-22-23-21(31-15-19(27)28)26(20)17-5-3-2-4-6-17/h2-10H,11-15H2,1H3,(H,27,28). The number of hydrogen-bond donors (Lipinski definition) is 1. The molecular formula is C21H23N5O4S2. The van der Waals surface area contributed by atoms with E-state index in [0.29, 0.717) is 42.7 Å². The molecule has 0 spiro atoms. The molecule has 1 N–H and O–H groups in total. The van der Waals surface area contributed by atoms with Crippen LogP contribution in [0.3, 0.4) is 0 Å². The molecule has 2 heterocycles. The van der Waals surface area contributed by atoms with Crippen molar-refractivity contribution < 1.29 is 18.3 Å². The summed E-state index contributed by atoms with van der Waals surface area (Å²) in [7, 11) is -1.59. The quantitative estimate of drug-likeness (QED) is 0.520. The van der Waals surface area contributed by atoms with Crippen LogP contribution in [0.2, 0.25) is 0 Å². The third-order valence-electron chi connectivity index (χ3n) is 5.19. The van der Waals surface area contributed by atoms with E-state index in [9.17, 15) is 13.2 Å². The van der Waals surface area contributed by atoms with E-state index in [0.717, 1.165) is 17.4 Å². The zero-order valence-corrected chi connectivity index (χ0v) is 19.1. The number of aromatic nitrogens is 3. The molecule has 11 heteroatoms. The van der Waals surface area contributed by atoms with Crippen LogP contribution in [0.25, 0.3) is 17.1 Å². The van der Waals surface area contributed by atoms with E-state index in [1.165, 1.54) is 4.31 Å². The second-order valence-electron chi connectivity index (χ2n) is 7.39. The Morgan fingerprint density at radius 3 is 2.28 bits per heavy atom. The van der Waals surface area contributed by atoms with Gasteiger partial charge in [-0.2, -0.15) is 4.31 Å². The van der Waals surface area contributed by atoms with Gasteiger partial charge in [-0.25, -0.2) is 8.42 Å². The minimum absolute atomic E-state index is 0.146. The maximum Gasteiger partial charge on any atom is 0.313 e. The van der Waals surface area contributed by atoms with Crippen molar-refractivity contribution >= 4 is 27.8 Å². The number of hydrogen-bond acceptors (Lipinski definition) is 7. The normalized spacial score (nSPS) is 15.7. The van der Waals surface area contributed by atoms with Crippen molar-refractivity contribution in [1.82, 2.24) is 24.0 Å². The monoisotopic (exact) mass is 473 g/mol. The number of aliphatic carboxylic acids is 1. The highest BCUT2D eigenvalue weighted by atomic mass is 32.2. The summed E-state index contributed by atoms with van der Waals surface area (Å²) in [5.74, 6) is -0.585. The van der Waals surface area contributed by atoms with Gasteiger partial charge < -0.3 is 10.0 Å². The highest BCUT2D eigenvalue weighted by Crippen LogP contribution is 2.29. The first kappa shape index (κ1) is 22.5. The molecule has 0 amide bonds. The second kappa shape index (κ2) is 9.41. The molecule has 4 rings (SSSR count). The fraction of sp³-hybridized carbons (Fsp3) is 0.286. The van der Waals surface area contributed by atoms with E-state index in [1.807, 2.05) is 37.4 Å². The average Bonchev–Trinajstić information content (AvgIpc) is 3.22. The molecule has 1 aromatic heterocycles. The summed E-state index contributed by atoms with van der Waals surface area (Å²) in [6, 6.07) is 16.0. The molecular weight excluding hydrogens is 450 g/mol. The van der Waals surface area contributed by atoms with Crippen molar-refractivity contribution in [3.05, 3.63) is 54.6 Å². The van der Waals surface area contributed by atoms with Crippen LogP contribution in [0.5, 0.6) is 0 Å². The van der Waals surface area contributed by atoms with Crippen LogP contribution >= 0.6 is 11.8 Å². The van der Waals surface area contributed by atoms with Gasteiger partial charge >= 0.3 is 5.97 Å². The molecule has 0 bridgehead atoms. The predicted molar refractivity (Wildman–Crippen MR) is 121 cm³/mol. The molecule has 1 aliphatic heterocycles. The lowest BCUT2D eigenvalue weighted by molar-refractivity contribution is -0.133. The molecule has 1 saturated heterocycles. The van der Waals surface area contributed by atoms with Gasteiger partial charge in [-0.05, 0) is 43.4 Å². The molecule has 9 nitrogen and oxygen atoms in total. The molecule has 0 saturated carbocycles. The lowest BCUT2D eigenvalue weighted by atomic mass is 10.2. The summed E-state index contributed by atoms with van der Waals surface area (Å²) in [4.78, 5) is 13.4. The fourth-order valence-electron chi connectivity index (χ4n) is 3.44. The van der Waals surface area contributed by atoms with E-state index in [2.05, 4.69) is 15.1 Å². The summed E-state index contributed by atoms with van der Waals surface area (Å²) in [6.07, 6.45) is 0. The number of carboxylic acid groups (broad SMARTS) is 1. The zero-order valence-electron chi connectivity index (χ0n) is 17.5. The Kier molecular flexibility index (Phi) is 6.60. The largest absolute Gasteiger partial charge is 0.481 e. The van der Waals surface area contributed by atoms with Gasteiger partial charge in [0.1, 0.15) is 0 Å². The van der Waals surface area contributed by atoms with E-state index >= 15 is 0 Å². The van der Waals surface area contributed by atoms with Gasteiger partial charge in [-0.15, -0.1) is 10.2 Å². The first-order valence-corrected chi connectivity index (χ1v) is 12.4. The number of carbonyl (C=O) groups is 1. The number of rotatable bonds is 7. The minimum atomic E-state index is -3.57. The van der Waals surface area contributed by atoms with Crippen LogP contribution in [0.1, 0.15) is 0 Å². The van der Waals surface area contributed by atoms with Gasteiger partial charge in [0.05, 0.1) is 10.6 Å². The average molecular weight is 474 g/mol. The fourth-order valence-corrected chi connectivity index (χ4v) is 5.53. The topological polar surface area (TPSA) is 109 Å². The van der Waals surface area contributed by atoms with Crippen molar-refractivity contribution in [2.24, 2.45) is 0 Å². The molecule has 32 heavy (non-hydrogen) atoms. The van der Waals surface area contributed by atoms with Crippen LogP contribution in [0.4, 0.5) is 0 Å². The number of likely N-dealkylation sites (N-methyl/N-ethyl adjacent to an activating group) is 1. The van der Waals surface area contributed by atoms with Crippen molar-refractivity contribution in [2.45, 2.75) is 10.1 Å². The van der Waals surface area contributed by atoms with Crippen LogP contribution < -0.4 is 0 Å². The molecule has 168 valence electrons. The highest BCUT2D eigenvalue weighted by Gasteiger charge is 2.27. The molecule has 1 fully saturated rings. The number of benzene rings is 2. The van der Waals surface area contributed by atoms with E-state index < -0.39 is 16.0 Å². The van der Waals surface area contributed by atoms with E-state index in [1.54, 1.807) is 28.8 Å². The number of sulfonamides is 1. The summed E-state index contributed by atoms with van der Waals surface area (Å²) in [5, 5.41) is 17.9. The van der Waals surface area contributed by atoms with Crippen molar-refractivity contribution in [3.8, 4) is 17.1 Å². The van der Waals surface area contributed by atoms with E-state index in [-0.39, 0.29) is 10.6 Å². The van der Waals surface area contributed by atoms with Gasteiger partial charge in [0.15, 0.2) is 11.0 Å². The maximum absolute atomic E-state index is 13.0. The highest BCUT2D eigenvalue weighted by molar-refractivity contribution is 7.99. The molecule has 3 aromatic rings. The summed E-state index contributed by atoms with van der Waals surface area (Å²) >= 11 is 1.08. The van der Waals surface area contributed by atoms with Gasteiger partial charge in [-0.3, -0.25) is 9.36 Å². The summed E-state index contributed by atoms with van der Waals surface area (Å²) in [5.41, 5.74) is 1.47. The molecule has 0 radical (unpaired) electrons. The smallest absolute Gasteiger partial charge is 0.313 e. The van der Waals surface area contributed by atoms with Crippen molar-refractivity contribution in [3.63, 3.8) is 0 Å². The molecule has 2 aromatic carbocycles. The summed E-state index contributed by atoms with van der Waals surface area (Å²) in [6.45, 7) is 2.34. The number of thioether (sulfide) groups is 1. The van der Waals surface area contributed by atoms with Gasteiger partial charge in [0.25, 0.3) is 0 Å². The number of para-hydroxylation sites is 1. The Morgan fingerprint density at radius 2 is 1.66 bits per heavy atom. The molecule has 0 aliphatic carbocycles. The Balaban J connectivity index is 1.66. The molecule has 1 aliphatic rings. The van der Waals surface area contributed by atoms with Gasteiger partial charge in [-0.1, -0.05) is 30.0 Å². The van der Waals surface area contributed by atoms with Crippen molar-refractivity contribution in [2.75, 3.05) is 39.0 Å². The maximum atomic E-state index is 13.0. The Labute approximate surface area is 190 Å². The Hall–Kier alpha value is -2.73. The number of piperazine rings is 1. The number of carboxylic acids is 1. The van der Waals surface area contributed by atoms with Gasteiger partial charge in [0.2, 0.25) is 10.0 Å². The lowest BCUT2D eigenvalue weighted by Gasteiger charge is -2.31. The second-order valence-corrected chi connectivity index (χ2v) is 10.3. The third kappa shape index (κ3) is 4.70. The molecule has 0 atom stereocenters.